The molecule has 2 aliphatic rings. The van der Waals surface area contributed by atoms with Crippen molar-refractivity contribution in [1.29, 1.82) is 0 Å². The average molecular weight is 577 g/mol. The molecule has 8 heteroatoms. The summed E-state index contributed by atoms with van der Waals surface area (Å²) >= 11 is 0. The Morgan fingerprint density at radius 1 is 1.00 bits per heavy atom. The molecule has 0 spiro atoms. The van der Waals surface area contributed by atoms with Gasteiger partial charge in [0.15, 0.2) is 0 Å². The summed E-state index contributed by atoms with van der Waals surface area (Å²) in [4.78, 5) is 29.8. The highest BCUT2D eigenvalue weighted by Crippen LogP contribution is 2.45. The minimum Gasteiger partial charge on any atom is -0.478 e. The largest absolute Gasteiger partial charge is 0.478 e. The van der Waals surface area contributed by atoms with E-state index in [-0.39, 0.29) is 5.91 Å². The van der Waals surface area contributed by atoms with Gasteiger partial charge in [-0.15, -0.1) is 0 Å². The van der Waals surface area contributed by atoms with Crippen molar-refractivity contribution in [2.45, 2.75) is 62.8 Å². The van der Waals surface area contributed by atoms with Crippen molar-refractivity contribution < 1.29 is 19.1 Å². The second-order valence-electron chi connectivity index (χ2n) is 12.2. The van der Waals surface area contributed by atoms with Gasteiger partial charge in [0.25, 0.3) is 5.91 Å². The third-order valence-electron chi connectivity index (χ3n) is 9.62. The van der Waals surface area contributed by atoms with Crippen LogP contribution in [0.5, 0.6) is 0 Å². The molecular formula is C35H36N4O4. The number of aliphatic carboxylic acids is 1. The number of rotatable bonds is 7. The van der Waals surface area contributed by atoms with Crippen LogP contribution in [0, 0.1) is 0 Å². The van der Waals surface area contributed by atoms with Crippen molar-refractivity contribution in [1.82, 2.24) is 19.4 Å². The fourth-order valence-electron chi connectivity index (χ4n) is 7.30. The fourth-order valence-corrected chi connectivity index (χ4v) is 7.30. The van der Waals surface area contributed by atoms with Gasteiger partial charge in [-0.3, -0.25) is 4.79 Å². The molecule has 8 nitrogen and oxygen atoms in total. The van der Waals surface area contributed by atoms with Crippen molar-refractivity contribution >= 4 is 39.9 Å². The summed E-state index contributed by atoms with van der Waals surface area (Å²) in [6.45, 7) is 0. The Bertz CT molecular complexity index is 1880. The molecule has 2 fully saturated rings. The van der Waals surface area contributed by atoms with Crippen LogP contribution in [0.1, 0.15) is 84.6 Å². The van der Waals surface area contributed by atoms with Crippen LogP contribution in [0.25, 0.3) is 39.3 Å². The summed E-state index contributed by atoms with van der Waals surface area (Å²) in [6, 6.07) is 13.9. The molecule has 0 bridgehead atoms. The van der Waals surface area contributed by atoms with E-state index < -0.39 is 11.5 Å². The molecule has 0 atom stereocenters. The van der Waals surface area contributed by atoms with Crippen molar-refractivity contribution in [3.05, 3.63) is 83.6 Å². The first kappa shape index (κ1) is 27.3. The number of aryl methyl sites for hydroxylation is 2. The zero-order valence-electron chi connectivity index (χ0n) is 24.6. The lowest BCUT2D eigenvalue weighted by Gasteiger charge is -2.41. The molecule has 0 aliphatic heterocycles. The standard InChI is InChI=1S/C35H36N4O4/c1-38-29-20-24(11-12-26(29)31(23-7-4-3-5-8-23)32(38)25-15-18-43-21-25)33(42)37-35(16-6-17-35)34-36-27-19-22(10-14-30(40)41)9-13-28(27)39(34)2/h9-15,18-21,23H,3-8,16-17H2,1-2H3,(H,37,42)(H,40,41)/b14-10+. The first-order valence-electron chi connectivity index (χ1n) is 15.2. The lowest BCUT2D eigenvalue weighted by atomic mass is 9.75. The van der Waals surface area contributed by atoms with Gasteiger partial charge in [-0.05, 0) is 85.6 Å². The van der Waals surface area contributed by atoms with E-state index in [1.807, 2.05) is 54.3 Å². The third-order valence-corrected chi connectivity index (χ3v) is 9.62. The Kier molecular flexibility index (Phi) is 6.72. The lowest BCUT2D eigenvalue weighted by Crippen LogP contribution is -2.52. The van der Waals surface area contributed by atoms with Crippen LogP contribution in [0.2, 0.25) is 0 Å². The topological polar surface area (TPSA) is 102 Å². The second kappa shape index (κ2) is 10.6. The van der Waals surface area contributed by atoms with Gasteiger partial charge in [-0.2, -0.15) is 0 Å². The number of hydrogen-bond donors (Lipinski definition) is 2. The fraction of sp³-hybridized carbons (Fsp3) is 0.343. The number of hydrogen-bond acceptors (Lipinski definition) is 4. The van der Waals surface area contributed by atoms with Crippen molar-refractivity contribution in [2.75, 3.05) is 0 Å². The van der Waals surface area contributed by atoms with Crippen LogP contribution in [0.4, 0.5) is 0 Å². The maximum atomic E-state index is 13.9. The molecular weight excluding hydrogens is 540 g/mol. The highest BCUT2D eigenvalue weighted by atomic mass is 16.4. The number of imidazole rings is 1. The molecule has 0 saturated heterocycles. The molecule has 3 aromatic heterocycles. The van der Waals surface area contributed by atoms with Crippen LogP contribution in [-0.2, 0) is 24.4 Å². The number of aromatic nitrogens is 3. The SMILES string of the molecule is Cn1c(C2(NC(=O)c3ccc4c(C5CCCCC5)c(-c5ccoc5)n(C)c4c3)CCC2)nc2cc(/C=C/C(=O)O)ccc21. The van der Waals surface area contributed by atoms with E-state index in [1.54, 1.807) is 12.3 Å². The Balaban J connectivity index is 1.23. The normalized spacial score (nSPS) is 17.1. The summed E-state index contributed by atoms with van der Waals surface area (Å²) in [5, 5.41) is 13.6. The Morgan fingerprint density at radius 3 is 2.51 bits per heavy atom. The maximum absolute atomic E-state index is 13.9. The predicted octanol–water partition coefficient (Wildman–Crippen LogP) is 7.28. The highest BCUT2D eigenvalue weighted by Gasteiger charge is 2.44. The van der Waals surface area contributed by atoms with Gasteiger partial charge in [0, 0.05) is 42.2 Å². The van der Waals surface area contributed by atoms with E-state index in [4.69, 9.17) is 14.5 Å². The molecule has 43 heavy (non-hydrogen) atoms. The number of nitrogens with one attached hydrogen (secondary N) is 1. The monoisotopic (exact) mass is 576 g/mol. The molecule has 0 radical (unpaired) electrons. The summed E-state index contributed by atoms with van der Waals surface area (Å²) < 4.78 is 9.76. The zero-order chi connectivity index (χ0) is 29.7. The summed E-state index contributed by atoms with van der Waals surface area (Å²) in [6.07, 6.45) is 15.0. The number of carbonyl (C=O) groups excluding carboxylic acids is 1. The third kappa shape index (κ3) is 4.65. The van der Waals surface area contributed by atoms with Gasteiger partial charge in [0.2, 0.25) is 0 Å². The molecule has 5 aromatic rings. The predicted molar refractivity (Wildman–Crippen MR) is 167 cm³/mol. The van der Waals surface area contributed by atoms with E-state index in [0.717, 1.165) is 58.8 Å². The van der Waals surface area contributed by atoms with Crippen molar-refractivity contribution in [3.8, 4) is 11.3 Å². The molecule has 2 saturated carbocycles. The first-order valence-corrected chi connectivity index (χ1v) is 15.2. The van der Waals surface area contributed by atoms with Crippen LogP contribution in [0.3, 0.4) is 0 Å². The summed E-state index contributed by atoms with van der Waals surface area (Å²) in [5.74, 6) is 0.222. The molecule has 220 valence electrons. The van der Waals surface area contributed by atoms with Gasteiger partial charge in [-0.1, -0.05) is 31.4 Å². The van der Waals surface area contributed by atoms with Crippen LogP contribution in [-0.4, -0.2) is 31.1 Å². The molecule has 2 aromatic carbocycles. The van der Waals surface area contributed by atoms with Gasteiger partial charge < -0.3 is 24.0 Å². The maximum Gasteiger partial charge on any atom is 0.328 e. The molecule has 1 amide bonds. The van der Waals surface area contributed by atoms with E-state index in [2.05, 4.69) is 23.0 Å². The Hall–Kier alpha value is -4.59. The number of carboxylic acid groups (broad SMARTS) is 1. The number of fused-ring (bicyclic) bond motifs is 2. The minimum absolute atomic E-state index is 0.107. The van der Waals surface area contributed by atoms with Crippen molar-refractivity contribution in [2.24, 2.45) is 14.1 Å². The highest BCUT2D eigenvalue weighted by molar-refractivity contribution is 6.01. The number of carboxylic acids is 1. The van der Waals surface area contributed by atoms with E-state index in [1.165, 1.54) is 48.7 Å². The summed E-state index contributed by atoms with van der Waals surface area (Å²) in [5.41, 5.74) is 7.24. The zero-order valence-corrected chi connectivity index (χ0v) is 24.6. The number of amides is 1. The second-order valence-corrected chi connectivity index (χ2v) is 12.2. The van der Waals surface area contributed by atoms with Crippen LogP contribution >= 0.6 is 0 Å². The van der Waals surface area contributed by atoms with E-state index in [0.29, 0.717) is 11.5 Å². The number of benzene rings is 2. The minimum atomic E-state index is -0.991. The summed E-state index contributed by atoms with van der Waals surface area (Å²) in [7, 11) is 4.06. The molecule has 2 N–H and O–H groups in total. The number of nitrogens with zero attached hydrogens (tertiary/aromatic N) is 3. The lowest BCUT2D eigenvalue weighted by molar-refractivity contribution is -0.131. The first-order chi connectivity index (χ1) is 20.8. The molecule has 2 aliphatic carbocycles. The van der Waals surface area contributed by atoms with Gasteiger partial charge in [-0.25, -0.2) is 9.78 Å². The van der Waals surface area contributed by atoms with Crippen molar-refractivity contribution in [3.63, 3.8) is 0 Å². The number of furan rings is 1. The average Bonchev–Trinajstić information content (AvgIpc) is 3.71. The Labute approximate surface area is 250 Å². The molecule has 7 rings (SSSR count). The molecule has 0 unspecified atom stereocenters. The Morgan fingerprint density at radius 2 is 1.81 bits per heavy atom. The van der Waals surface area contributed by atoms with Crippen LogP contribution in [0.15, 0.2) is 65.5 Å². The quantitative estimate of drug-likeness (QED) is 0.198. The van der Waals surface area contributed by atoms with Crippen LogP contribution < -0.4 is 5.32 Å². The van der Waals surface area contributed by atoms with Gasteiger partial charge in [0.1, 0.15) is 5.82 Å². The number of carbonyl (C=O) groups is 2. The van der Waals surface area contributed by atoms with Gasteiger partial charge >= 0.3 is 5.97 Å². The molecule has 3 heterocycles. The van der Waals surface area contributed by atoms with Gasteiger partial charge in [0.05, 0.1) is 34.8 Å². The van der Waals surface area contributed by atoms with E-state index in [9.17, 15) is 9.59 Å². The van der Waals surface area contributed by atoms with E-state index >= 15 is 0 Å². The smallest absolute Gasteiger partial charge is 0.328 e.